The van der Waals surface area contributed by atoms with Crippen molar-refractivity contribution in [1.29, 1.82) is 0 Å². The van der Waals surface area contributed by atoms with Gasteiger partial charge in [0, 0.05) is 10.6 Å². The molecule has 0 radical (unpaired) electrons. The fourth-order valence-corrected chi connectivity index (χ4v) is 2.79. The van der Waals surface area contributed by atoms with Crippen LogP contribution in [0.25, 0.3) is 0 Å². The summed E-state index contributed by atoms with van der Waals surface area (Å²) in [4.78, 5) is 24.4. The number of ether oxygens (including phenoxy) is 1. The van der Waals surface area contributed by atoms with Gasteiger partial charge in [-0.1, -0.05) is 17.8 Å². The van der Waals surface area contributed by atoms with Gasteiger partial charge in [-0.25, -0.2) is 0 Å². The molecule has 0 bridgehead atoms. The number of carbonyl (C=O) groups is 2. The number of alkyl halides is 2. The standard InChI is InChI=1S/C19H21F2N3O3S/c1-12-3-8-16(27-2)15(9-12)24-18(26)11-23-17(25)10-22-13-4-6-14(7-5-13)28-19(20)21/h3-9,19,22H,10-11H2,1-2H3,(H,23,25)(H,24,26). The van der Waals surface area contributed by atoms with Gasteiger partial charge in [-0.15, -0.1) is 0 Å². The van der Waals surface area contributed by atoms with Gasteiger partial charge in [0.1, 0.15) is 5.75 Å². The summed E-state index contributed by atoms with van der Waals surface area (Å²) in [5.74, 6) is -2.71. The highest BCUT2D eigenvalue weighted by molar-refractivity contribution is 7.99. The van der Waals surface area contributed by atoms with Crippen LogP contribution < -0.4 is 20.7 Å². The molecular formula is C19H21F2N3O3S. The number of hydrogen-bond donors (Lipinski definition) is 3. The van der Waals surface area contributed by atoms with Crippen LogP contribution in [-0.2, 0) is 9.59 Å². The van der Waals surface area contributed by atoms with Crippen molar-refractivity contribution < 1.29 is 23.1 Å². The van der Waals surface area contributed by atoms with Crippen molar-refractivity contribution in [3.63, 3.8) is 0 Å². The molecule has 0 aromatic heterocycles. The van der Waals surface area contributed by atoms with Gasteiger partial charge < -0.3 is 20.7 Å². The highest BCUT2D eigenvalue weighted by Crippen LogP contribution is 2.26. The Morgan fingerprint density at radius 2 is 1.79 bits per heavy atom. The summed E-state index contributed by atoms with van der Waals surface area (Å²) >= 11 is 0.453. The zero-order chi connectivity index (χ0) is 20.5. The van der Waals surface area contributed by atoms with Gasteiger partial charge in [-0.2, -0.15) is 8.78 Å². The maximum Gasteiger partial charge on any atom is 0.288 e. The molecule has 9 heteroatoms. The predicted octanol–water partition coefficient (Wildman–Crippen LogP) is 3.49. The summed E-state index contributed by atoms with van der Waals surface area (Å²) in [6.07, 6.45) is 0. The van der Waals surface area contributed by atoms with Gasteiger partial charge in [-0.05, 0) is 48.9 Å². The molecule has 0 unspecified atom stereocenters. The first kappa shape index (κ1) is 21.5. The van der Waals surface area contributed by atoms with E-state index in [1.54, 1.807) is 36.4 Å². The van der Waals surface area contributed by atoms with Crippen molar-refractivity contribution in [3.05, 3.63) is 48.0 Å². The largest absolute Gasteiger partial charge is 0.495 e. The molecule has 28 heavy (non-hydrogen) atoms. The van der Waals surface area contributed by atoms with E-state index >= 15 is 0 Å². The molecule has 6 nitrogen and oxygen atoms in total. The third-order valence-corrected chi connectivity index (χ3v) is 4.33. The molecule has 0 saturated carbocycles. The molecule has 2 aromatic carbocycles. The number of anilines is 2. The number of aryl methyl sites for hydroxylation is 1. The maximum absolute atomic E-state index is 12.3. The maximum atomic E-state index is 12.3. The fourth-order valence-electron chi connectivity index (χ4n) is 2.29. The number of amides is 2. The normalized spacial score (nSPS) is 10.5. The smallest absolute Gasteiger partial charge is 0.288 e. The molecule has 3 N–H and O–H groups in total. The highest BCUT2D eigenvalue weighted by atomic mass is 32.2. The lowest BCUT2D eigenvalue weighted by Gasteiger charge is -2.12. The Bertz CT molecular complexity index is 817. The second-order valence-electron chi connectivity index (χ2n) is 5.79. The Hall–Kier alpha value is -2.81. The Morgan fingerprint density at radius 3 is 2.43 bits per heavy atom. The summed E-state index contributed by atoms with van der Waals surface area (Å²) in [7, 11) is 1.51. The third kappa shape index (κ3) is 7.07. The molecule has 0 atom stereocenters. The summed E-state index contributed by atoms with van der Waals surface area (Å²) < 4.78 is 29.7. The van der Waals surface area contributed by atoms with Gasteiger partial charge in [0.05, 0.1) is 25.9 Å². The number of halogens is 2. The van der Waals surface area contributed by atoms with E-state index in [0.29, 0.717) is 33.8 Å². The first-order valence-electron chi connectivity index (χ1n) is 8.37. The van der Waals surface area contributed by atoms with E-state index in [1.165, 1.54) is 7.11 Å². The Kier molecular flexibility index (Phi) is 8.06. The summed E-state index contributed by atoms with van der Waals surface area (Å²) in [5, 5.41) is 8.06. The van der Waals surface area contributed by atoms with Crippen LogP contribution >= 0.6 is 11.8 Å². The van der Waals surface area contributed by atoms with E-state index < -0.39 is 5.76 Å². The first-order chi connectivity index (χ1) is 13.4. The molecule has 0 fully saturated rings. The summed E-state index contributed by atoms with van der Waals surface area (Å²) in [5.41, 5.74) is 2.10. The van der Waals surface area contributed by atoms with Gasteiger partial charge in [-0.3, -0.25) is 9.59 Å². The van der Waals surface area contributed by atoms with E-state index in [9.17, 15) is 18.4 Å². The van der Waals surface area contributed by atoms with Crippen LogP contribution in [-0.4, -0.2) is 37.8 Å². The monoisotopic (exact) mass is 409 g/mol. The molecule has 0 aliphatic heterocycles. The number of nitrogens with one attached hydrogen (secondary N) is 3. The average molecular weight is 409 g/mol. The van der Waals surface area contributed by atoms with Crippen molar-refractivity contribution in [2.45, 2.75) is 17.6 Å². The van der Waals surface area contributed by atoms with Crippen LogP contribution in [0.1, 0.15) is 5.56 Å². The minimum Gasteiger partial charge on any atom is -0.495 e. The number of benzene rings is 2. The van der Waals surface area contributed by atoms with Crippen molar-refractivity contribution in [2.24, 2.45) is 0 Å². The number of carbonyl (C=O) groups excluding carboxylic acids is 2. The Balaban J connectivity index is 1.76. The quantitative estimate of drug-likeness (QED) is 0.553. The van der Waals surface area contributed by atoms with E-state index in [2.05, 4.69) is 16.0 Å². The van der Waals surface area contributed by atoms with Crippen molar-refractivity contribution in [3.8, 4) is 5.75 Å². The molecule has 0 spiro atoms. The average Bonchev–Trinajstić information content (AvgIpc) is 2.65. The SMILES string of the molecule is COc1ccc(C)cc1NC(=O)CNC(=O)CNc1ccc(SC(F)F)cc1. The number of methoxy groups -OCH3 is 1. The van der Waals surface area contributed by atoms with Gasteiger partial charge in [0.2, 0.25) is 11.8 Å². The van der Waals surface area contributed by atoms with Gasteiger partial charge >= 0.3 is 0 Å². The lowest BCUT2D eigenvalue weighted by atomic mass is 10.2. The second-order valence-corrected chi connectivity index (χ2v) is 6.85. The van der Waals surface area contributed by atoms with Crippen LogP contribution in [0.3, 0.4) is 0 Å². The molecule has 0 aliphatic carbocycles. The second kappa shape index (κ2) is 10.5. The Labute approximate surface area is 166 Å². The predicted molar refractivity (Wildman–Crippen MR) is 106 cm³/mol. The molecule has 0 aliphatic rings. The number of thioether (sulfide) groups is 1. The van der Waals surface area contributed by atoms with E-state index in [-0.39, 0.29) is 24.9 Å². The molecule has 2 amide bonds. The third-order valence-electron chi connectivity index (χ3n) is 3.61. The van der Waals surface area contributed by atoms with Crippen LogP contribution in [0.2, 0.25) is 0 Å². The first-order valence-corrected chi connectivity index (χ1v) is 9.25. The van der Waals surface area contributed by atoms with Crippen LogP contribution in [0.5, 0.6) is 5.75 Å². The van der Waals surface area contributed by atoms with Crippen LogP contribution in [0.15, 0.2) is 47.4 Å². The number of hydrogen-bond acceptors (Lipinski definition) is 5. The van der Waals surface area contributed by atoms with Crippen LogP contribution in [0.4, 0.5) is 20.2 Å². The topological polar surface area (TPSA) is 79.5 Å². The van der Waals surface area contributed by atoms with E-state index in [0.717, 1.165) is 5.56 Å². The fraction of sp³-hybridized carbons (Fsp3) is 0.263. The summed E-state index contributed by atoms with van der Waals surface area (Å²) in [6.45, 7) is 1.64. The number of rotatable bonds is 9. The lowest BCUT2D eigenvalue weighted by Crippen LogP contribution is -2.36. The van der Waals surface area contributed by atoms with Crippen molar-refractivity contribution in [1.82, 2.24) is 5.32 Å². The highest BCUT2D eigenvalue weighted by Gasteiger charge is 2.10. The molecular weight excluding hydrogens is 388 g/mol. The minimum absolute atomic E-state index is 0.0532. The van der Waals surface area contributed by atoms with Crippen LogP contribution in [0, 0.1) is 6.92 Å². The summed E-state index contributed by atoms with van der Waals surface area (Å²) in [6, 6.07) is 11.7. The molecule has 2 aromatic rings. The zero-order valence-corrected chi connectivity index (χ0v) is 16.2. The zero-order valence-electron chi connectivity index (χ0n) is 15.4. The van der Waals surface area contributed by atoms with E-state index in [4.69, 9.17) is 4.74 Å². The van der Waals surface area contributed by atoms with Gasteiger partial charge in [0.15, 0.2) is 0 Å². The van der Waals surface area contributed by atoms with Crippen molar-refractivity contribution in [2.75, 3.05) is 30.8 Å². The molecule has 2 rings (SSSR count). The van der Waals surface area contributed by atoms with E-state index in [1.807, 2.05) is 13.0 Å². The molecule has 0 saturated heterocycles. The minimum atomic E-state index is -2.48. The molecule has 150 valence electrons. The van der Waals surface area contributed by atoms with Crippen molar-refractivity contribution >= 4 is 35.0 Å². The van der Waals surface area contributed by atoms with Gasteiger partial charge in [0.25, 0.3) is 5.76 Å². The molecule has 0 heterocycles. The lowest BCUT2D eigenvalue weighted by molar-refractivity contribution is -0.122. The Morgan fingerprint density at radius 1 is 1.07 bits per heavy atom.